The van der Waals surface area contributed by atoms with Gasteiger partial charge in [0.2, 0.25) is 0 Å². The molecule has 10 atom stereocenters. The molecule has 5 fully saturated rings. The van der Waals surface area contributed by atoms with E-state index in [9.17, 15) is 15.0 Å². The molecular weight excluding hydrogens is 424 g/mol. The Hall–Kier alpha value is -0.450. The van der Waals surface area contributed by atoms with Gasteiger partial charge in [0.25, 0.3) is 0 Å². The van der Waals surface area contributed by atoms with Crippen molar-refractivity contribution in [2.24, 2.45) is 45.3 Å². The quantitative estimate of drug-likeness (QED) is 0.521. The molecule has 4 heteroatoms. The monoisotopic (exact) mass is 474 g/mol. The summed E-state index contributed by atoms with van der Waals surface area (Å²) >= 11 is 0. The average molecular weight is 475 g/mol. The fourth-order valence-electron chi connectivity index (χ4n) is 10.9. The zero-order valence-corrected chi connectivity index (χ0v) is 23.0. The van der Waals surface area contributed by atoms with Crippen molar-refractivity contribution in [1.29, 1.82) is 0 Å². The van der Waals surface area contributed by atoms with Crippen LogP contribution in [0, 0.1) is 45.3 Å². The van der Waals surface area contributed by atoms with E-state index in [0.717, 1.165) is 51.4 Å². The molecule has 0 aromatic carbocycles. The molecule has 4 aliphatic carbocycles. The first-order chi connectivity index (χ1) is 15.5. The Morgan fingerprint density at radius 1 is 0.882 bits per heavy atom. The number of aliphatic hydroxyl groups is 2. The number of ether oxygens (including phenoxy) is 1. The van der Waals surface area contributed by atoms with E-state index < -0.39 is 5.60 Å². The summed E-state index contributed by atoms with van der Waals surface area (Å²) in [6, 6.07) is 0. The molecule has 0 spiro atoms. The molecule has 194 valence electrons. The molecule has 5 rings (SSSR count). The standard InChI is InChI=1S/C30H50O4/c1-25(2)20-10-15-28(6)21(27(20,5)13-11-22(25)32)17-19(31)24-18(9-14-29(24,28)7)30(8)16-12-23(34-30)26(3,4)33/h18-21,23-24,31,33H,9-17H2,1-8H3/t18-,19+,20-,21+,23+,24-,27-,28+,29-,30-/m0/s1. The highest BCUT2D eigenvalue weighted by atomic mass is 16.5. The number of rotatable bonds is 2. The van der Waals surface area contributed by atoms with E-state index in [2.05, 4.69) is 41.5 Å². The number of carbonyl (C=O) groups is 1. The highest BCUT2D eigenvalue weighted by Gasteiger charge is 2.71. The Bertz CT molecular complexity index is 858. The van der Waals surface area contributed by atoms with Gasteiger partial charge in [-0.2, -0.15) is 0 Å². The van der Waals surface area contributed by atoms with Gasteiger partial charge in [-0.1, -0.05) is 34.6 Å². The molecule has 1 saturated heterocycles. The van der Waals surface area contributed by atoms with Crippen LogP contribution in [-0.2, 0) is 9.53 Å². The smallest absolute Gasteiger partial charge is 0.138 e. The van der Waals surface area contributed by atoms with Gasteiger partial charge < -0.3 is 14.9 Å². The maximum Gasteiger partial charge on any atom is 0.138 e. The second-order valence-corrected chi connectivity index (χ2v) is 15.2. The van der Waals surface area contributed by atoms with Crippen LogP contribution in [-0.4, -0.2) is 39.4 Å². The number of carbonyl (C=O) groups excluding carboxylic acids is 1. The first-order valence-electron chi connectivity index (χ1n) is 14.1. The summed E-state index contributed by atoms with van der Waals surface area (Å²) in [7, 11) is 0. The molecule has 2 N–H and O–H groups in total. The predicted octanol–water partition coefficient (Wildman–Crippen LogP) is 5.92. The highest BCUT2D eigenvalue weighted by Crippen LogP contribution is 2.75. The molecule has 0 aromatic rings. The molecule has 1 aliphatic heterocycles. The van der Waals surface area contributed by atoms with Crippen molar-refractivity contribution in [3.05, 3.63) is 0 Å². The van der Waals surface area contributed by atoms with Crippen LogP contribution in [0.4, 0.5) is 0 Å². The lowest BCUT2D eigenvalue weighted by molar-refractivity contribution is -0.235. The zero-order valence-electron chi connectivity index (χ0n) is 23.0. The third-order valence-corrected chi connectivity index (χ3v) is 13.0. The SMILES string of the molecule is CC(C)(O)[C@H]1CC[C@@](C)([C@H]2CC[C@@]3(C)[C@@H]2[C@H](O)C[C@@H]2[C@@]4(C)CCC(=O)C(C)(C)[C@@H]4CC[C@]23C)O1. The van der Waals surface area contributed by atoms with E-state index in [1.54, 1.807) is 0 Å². The topological polar surface area (TPSA) is 66.8 Å². The highest BCUT2D eigenvalue weighted by molar-refractivity contribution is 5.85. The van der Waals surface area contributed by atoms with Crippen molar-refractivity contribution in [3.8, 4) is 0 Å². The first kappa shape index (κ1) is 25.2. The van der Waals surface area contributed by atoms with Crippen LogP contribution in [0.2, 0.25) is 0 Å². The Morgan fingerprint density at radius 3 is 2.15 bits per heavy atom. The Kier molecular flexibility index (Phi) is 5.42. The van der Waals surface area contributed by atoms with Gasteiger partial charge in [0.05, 0.1) is 23.4 Å². The Labute approximate surface area is 207 Å². The molecule has 0 bridgehead atoms. The lowest BCUT2D eigenvalue weighted by Gasteiger charge is -2.69. The Morgan fingerprint density at radius 2 is 1.53 bits per heavy atom. The minimum Gasteiger partial charge on any atom is -0.393 e. The summed E-state index contributed by atoms with van der Waals surface area (Å²) in [5.41, 5.74) is -1.03. The van der Waals surface area contributed by atoms with Crippen LogP contribution in [0.1, 0.15) is 113 Å². The fraction of sp³-hybridized carbons (Fsp3) is 0.967. The number of fused-ring (bicyclic) bond motifs is 5. The van der Waals surface area contributed by atoms with Gasteiger partial charge >= 0.3 is 0 Å². The predicted molar refractivity (Wildman–Crippen MR) is 134 cm³/mol. The largest absolute Gasteiger partial charge is 0.393 e. The first-order valence-corrected chi connectivity index (χ1v) is 14.1. The van der Waals surface area contributed by atoms with Crippen molar-refractivity contribution >= 4 is 5.78 Å². The van der Waals surface area contributed by atoms with E-state index in [1.165, 1.54) is 0 Å². The summed E-state index contributed by atoms with van der Waals surface area (Å²) in [4.78, 5) is 12.9. The summed E-state index contributed by atoms with van der Waals surface area (Å²) in [6.45, 7) is 17.8. The molecule has 5 aliphatic rings. The second kappa shape index (κ2) is 7.32. The molecule has 0 amide bonds. The minimum absolute atomic E-state index is 0.0682. The summed E-state index contributed by atoms with van der Waals surface area (Å²) in [6.07, 6.45) is 8.43. The van der Waals surface area contributed by atoms with Crippen molar-refractivity contribution < 1.29 is 19.7 Å². The van der Waals surface area contributed by atoms with Crippen molar-refractivity contribution in [2.45, 2.75) is 137 Å². The minimum atomic E-state index is -0.833. The van der Waals surface area contributed by atoms with Gasteiger partial charge in [0.1, 0.15) is 5.78 Å². The molecule has 1 heterocycles. The van der Waals surface area contributed by atoms with E-state index in [-0.39, 0.29) is 45.4 Å². The Balaban J connectivity index is 1.49. The van der Waals surface area contributed by atoms with Crippen molar-refractivity contribution in [3.63, 3.8) is 0 Å². The summed E-state index contributed by atoms with van der Waals surface area (Å²) in [5.74, 6) is 1.85. The van der Waals surface area contributed by atoms with E-state index >= 15 is 0 Å². The van der Waals surface area contributed by atoms with Crippen molar-refractivity contribution in [1.82, 2.24) is 0 Å². The maximum atomic E-state index is 12.9. The third-order valence-electron chi connectivity index (χ3n) is 13.0. The van der Waals surface area contributed by atoms with Crippen LogP contribution >= 0.6 is 0 Å². The average Bonchev–Trinajstić information content (AvgIpc) is 3.30. The molecule has 4 saturated carbocycles. The molecule has 34 heavy (non-hydrogen) atoms. The van der Waals surface area contributed by atoms with Gasteiger partial charge in [-0.25, -0.2) is 0 Å². The maximum absolute atomic E-state index is 12.9. The fourth-order valence-corrected chi connectivity index (χ4v) is 10.9. The van der Waals surface area contributed by atoms with Gasteiger partial charge in [0, 0.05) is 11.8 Å². The lowest BCUT2D eigenvalue weighted by Crippen LogP contribution is -2.66. The van der Waals surface area contributed by atoms with E-state index in [4.69, 9.17) is 4.74 Å². The molecule has 0 aromatic heterocycles. The molecule has 0 radical (unpaired) electrons. The van der Waals surface area contributed by atoms with Crippen LogP contribution in [0.5, 0.6) is 0 Å². The van der Waals surface area contributed by atoms with Gasteiger partial charge in [-0.15, -0.1) is 0 Å². The third kappa shape index (κ3) is 3.09. The van der Waals surface area contributed by atoms with Gasteiger partial charge in [-0.05, 0) is 112 Å². The number of hydrogen-bond donors (Lipinski definition) is 2. The molecule has 4 nitrogen and oxygen atoms in total. The number of aliphatic hydroxyl groups excluding tert-OH is 1. The lowest BCUT2D eigenvalue weighted by atomic mass is 9.35. The van der Waals surface area contributed by atoms with Crippen LogP contribution < -0.4 is 0 Å². The van der Waals surface area contributed by atoms with Gasteiger partial charge in [-0.3, -0.25) is 4.79 Å². The van der Waals surface area contributed by atoms with Crippen LogP contribution in [0.15, 0.2) is 0 Å². The molecular formula is C30H50O4. The zero-order chi connectivity index (χ0) is 25.1. The van der Waals surface area contributed by atoms with Crippen LogP contribution in [0.25, 0.3) is 0 Å². The second-order valence-electron chi connectivity index (χ2n) is 15.2. The van der Waals surface area contributed by atoms with Crippen molar-refractivity contribution in [2.75, 3.05) is 0 Å². The summed E-state index contributed by atoms with van der Waals surface area (Å²) < 4.78 is 6.65. The van der Waals surface area contributed by atoms with E-state index in [1.807, 2.05) is 13.8 Å². The molecule has 0 unspecified atom stereocenters. The number of Topliss-reactive ketones (excluding diaryl/α,β-unsaturated/α-hetero) is 1. The number of hydrogen-bond acceptors (Lipinski definition) is 4. The summed E-state index contributed by atoms with van der Waals surface area (Å²) in [5, 5.41) is 22.5. The van der Waals surface area contributed by atoms with Crippen LogP contribution in [0.3, 0.4) is 0 Å². The van der Waals surface area contributed by atoms with Gasteiger partial charge in [0.15, 0.2) is 0 Å². The van der Waals surface area contributed by atoms with E-state index in [0.29, 0.717) is 30.0 Å². The normalized spacial score (nSPS) is 54.9. The number of ketones is 1.